The van der Waals surface area contributed by atoms with Crippen molar-refractivity contribution in [3.8, 4) is 0 Å². The Balaban J connectivity index is 1.62. The van der Waals surface area contributed by atoms with Gasteiger partial charge in [0.1, 0.15) is 0 Å². The van der Waals surface area contributed by atoms with Crippen LogP contribution in [0.1, 0.15) is 46.2 Å². The molecule has 0 unspecified atom stereocenters. The smallest absolute Gasteiger partial charge is 0.338 e. The average Bonchev–Trinajstić information content (AvgIpc) is 3.27. The van der Waals surface area contributed by atoms with E-state index in [9.17, 15) is 9.59 Å². The van der Waals surface area contributed by atoms with Gasteiger partial charge in [-0.2, -0.15) is 0 Å². The second kappa shape index (κ2) is 10.8. The molecule has 0 saturated heterocycles. The Labute approximate surface area is 178 Å². The van der Waals surface area contributed by atoms with Crippen molar-refractivity contribution in [2.24, 2.45) is 0 Å². The van der Waals surface area contributed by atoms with E-state index in [1.807, 2.05) is 30.5 Å². The Hall–Kier alpha value is -2.64. The van der Waals surface area contributed by atoms with Crippen LogP contribution < -0.4 is 5.32 Å². The topological polar surface area (TPSA) is 68.3 Å². The monoisotopic (exact) mass is 426 g/mol. The van der Waals surface area contributed by atoms with Gasteiger partial charge < -0.3 is 10.1 Å². The summed E-state index contributed by atoms with van der Waals surface area (Å²) in [6.45, 7) is 2.46. The molecule has 29 heavy (non-hydrogen) atoms. The van der Waals surface area contributed by atoms with Crippen molar-refractivity contribution in [3.63, 3.8) is 0 Å². The summed E-state index contributed by atoms with van der Waals surface area (Å²) < 4.78 is 5.20. The van der Waals surface area contributed by atoms with Crippen molar-refractivity contribution >= 4 is 40.7 Å². The van der Waals surface area contributed by atoms with Gasteiger partial charge in [-0.1, -0.05) is 25.5 Å². The number of nitrogens with zero attached hydrogens (tertiary/aromatic N) is 1. The van der Waals surface area contributed by atoms with Crippen LogP contribution in [0.2, 0.25) is 0 Å². The van der Waals surface area contributed by atoms with Gasteiger partial charge in [-0.15, -0.1) is 23.1 Å². The number of unbranched alkanes of at least 4 members (excludes halogenated alkanes) is 1. The van der Waals surface area contributed by atoms with E-state index in [-0.39, 0.29) is 11.9 Å². The third kappa shape index (κ3) is 6.17. The molecule has 0 saturated carbocycles. The third-order valence-corrected chi connectivity index (χ3v) is 5.84. The minimum atomic E-state index is -0.347. The Morgan fingerprint density at radius 3 is 2.66 bits per heavy atom. The molecule has 1 N–H and O–H groups in total. The molecule has 0 aliphatic heterocycles. The Bertz CT molecular complexity index is 941. The van der Waals surface area contributed by atoms with Crippen LogP contribution in [0.25, 0.3) is 0 Å². The zero-order chi connectivity index (χ0) is 20.5. The van der Waals surface area contributed by atoms with Gasteiger partial charge in [0.05, 0.1) is 28.9 Å². The summed E-state index contributed by atoms with van der Waals surface area (Å²) in [6, 6.07) is 14.2. The van der Waals surface area contributed by atoms with E-state index < -0.39 is 0 Å². The summed E-state index contributed by atoms with van der Waals surface area (Å²) in [6.07, 6.45) is 1.82. The number of thioether (sulfide) groups is 1. The van der Waals surface area contributed by atoms with E-state index in [1.165, 1.54) is 0 Å². The summed E-state index contributed by atoms with van der Waals surface area (Å²) >= 11 is 3.14. The van der Waals surface area contributed by atoms with Crippen molar-refractivity contribution in [1.82, 2.24) is 4.98 Å². The first-order valence-electron chi connectivity index (χ1n) is 9.35. The fourth-order valence-corrected chi connectivity index (χ4v) is 4.14. The number of anilines is 1. The van der Waals surface area contributed by atoms with Gasteiger partial charge in [-0.3, -0.25) is 4.79 Å². The third-order valence-electron chi connectivity index (χ3n) is 4.10. The molecule has 3 aromatic rings. The number of hydrogen-bond acceptors (Lipinski definition) is 6. The maximum Gasteiger partial charge on any atom is 0.338 e. The molecule has 1 heterocycles. The van der Waals surface area contributed by atoms with E-state index in [0.717, 1.165) is 23.4 Å². The van der Waals surface area contributed by atoms with E-state index in [4.69, 9.17) is 4.74 Å². The van der Waals surface area contributed by atoms with Crippen LogP contribution in [0.5, 0.6) is 0 Å². The Morgan fingerprint density at radius 2 is 1.93 bits per heavy atom. The number of aromatic nitrogens is 1. The van der Waals surface area contributed by atoms with Gasteiger partial charge in [0.15, 0.2) is 0 Å². The first kappa shape index (κ1) is 21.1. The molecule has 0 fully saturated rings. The van der Waals surface area contributed by atoms with Gasteiger partial charge in [0.25, 0.3) is 5.91 Å². The summed E-state index contributed by atoms with van der Waals surface area (Å²) in [7, 11) is 0. The minimum Gasteiger partial charge on any atom is -0.462 e. The molecule has 150 valence electrons. The lowest BCUT2D eigenvalue weighted by molar-refractivity contribution is 0.0499. The zero-order valence-electron chi connectivity index (χ0n) is 16.1. The lowest BCUT2D eigenvalue weighted by Crippen LogP contribution is -2.13. The summed E-state index contributed by atoms with van der Waals surface area (Å²) in [5.74, 6) is 0.174. The predicted molar refractivity (Wildman–Crippen MR) is 118 cm³/mol. The normalized spacial score (nSPS) is 10.5. The Morgan fingerprint density at radius 1 is 1.14 bits per heavy atom. The molecule has 1 amide bonds. The number of benzene rings is 2. The van der Waals surface area contributed by atoms with Crippen molar-refractivity contribution < 1.29 is 14.3 Å². The first-order chi connectivity index (χ1) is 14.2. The quantitative estimate of drug-likeness (QED) is 0.272. The molecule has 0 atom stereocenters. The molecule has 0 bridgehead atoms. The molecule has 7 heteroatoms. The molecule has 2 aromatic carbocycles. The standard InChI is InChI=1S/C22H22N2O3S2/c1-2-3-12-27-22(26)16-8-10-17(11-9-16)24-21(25)19-6-4-5-7-20(19)29-14-18-13-28-15-23-18/h4-11,13,15H,2-3,12,14H2,1H3,(H,24,25). The summed E-state index contributed by atoms with van der Waals surface area (Å²) in [5, 5.41) is 4.90. The second-order valence-electron chi connectivity index (χ2n) is 6.29. The second-order valence-corrected chi connectivity index (χ2v) is 8.02. The Kier molecular flexibility index (Phi) is 7.84. The van der Waals surface area contributed by atoms with Crippen LogP contribution in [0, 0.1) is 0 Å². The van der Waals surface area contributed by atoms with E-state index in [2.05, 4.69) is 10.3 Å². The number of nitrogens with one attached hydrogen (secondary N) is 1. The van der Waals surface area contributed by atoms with E-state index in [0.29, 0.717) is 29.2 Å². The molecule has 0 radical (unpaired) electrons. The van der Waals surface area contributed by atoms with Crippen LogP contribution in [-0.2, 0) is 10.5 Å². The fraction of sp³-hybridized carbons (Fsp3) is 0.227. The van der Waals surface area contributed by atoms with Gasteiger partial charge in [-0.25, -0.2) is 9.78 Å². The highest BCUT2D eigenvalue weighted by Crippen LogP contribution is 2.27. The largest absolute Gasteiger partial charge is 0.462 e. The lowest BCUT2D eigenvalue weighted by Gasteiger charge is -2.10. The van der Waals surface area contributed by atoms with Crippen LogP contribution in [0.4, 0.5) is 5.69 Å². The molecular formula is C22H22N2O3S2. The van der Waals surface area contributed by atoms with Gasteiger partial charge in [0, 0.05) is 21.7 Å². The predicted octanol–water partition coefficient (Wildman–Crippen LogP) is 5.64. The van der Waals surface area contributed by atoms with Crippen molar-refractivity contribution in [1.29, 1.82) is 0 Å². The number of ether oxygens (including phenoxy) is 1. The van der Waals surface area contributed by atoms with Gasteiger partial charge >= 0.3 is 5.97 Å². The fourth-order valence-electron chi connectivity index (χ4n) is 2.52. The number of amides is 1. The van der Waals surface area contributed by atoms with Crippen molar-refractivity contribution in [2.45, 2.75) is 30.4 Å². The minimum absolute atomic E-state index is 0.190. The van der Waals surface area contributed by atoms with E-state index >= 15 is 0 Å². The maximum absolute atomic E-state index is 12.8. The summed E-state index contributed by atoms with van der Waals surface area (Å²) in [5.41, 5.74) is 4.50. The van der Waals surface area contributed by atoms with Gasteiger partial charge in [-0.05, 0) is 42.8 Å². The van der Waals surface area contributed by atoms with Crippen LogP contribution >= 0.6 is 23.1 Å². The van der Waals surface area contributed by atoms with Crippen LogP contribution in [-0.4, -0.2) is 23.5 Å². The van der Waals surface area contributed by atoms with Crippen LogP contribution in [0.15, 0.2) is 64.3 Å². The molecule has 1 aromatic heterocycles. The maximum atomic E-state index is 12.8. The highest BCUT2D eigenvalue weighted by molar-refractivity contribution is 7.98. The zero-order valence-corrected chi connectivity index (χ0v) is 17.7. The van der Waals surface area contributed by atoms with Crippen LogP contribution in [0.3, 0.4) is 0 Å². The van der Waals surface area contributed by atoms with Crippen molar-refractivity contribution in [3.05, 3.63) is 76.2 Å². The number of carbonyl (C=O) groups excluding carboxylic acids is 2. The molecule has 0 aliphatic rings. The molecule has 0 spiro atoms. The lowest BCUT2D eigenvalue weighted by atomic mass is 10.2. The highest BCUT2D eigenvalue weighted by atomic mass is 32.2. The molecule has 5 nitrogen and oxygen atoms in total. The van der Waals surface area contributed by atoms with E-state index in [1.54, 1.807) is 58.9 Å². The molecule has 3 rings (SSSR count). The number of esters is 1. The molecular weight excluding hydrogens is 404 g/mol. The number of hydrogen-bond donors (Lipinski definition) is 1. The summed E-state index contributed by atoms with van der Waals surface area (Å²) in [4.78, 5) is 29.9. The number of rotatable bonds is 9. The SMILES string of the molecule is CCCCOC(=O)c1ccc(NC(=O)c2ccccc2SCc2cscn2)cc1. The average molecular weight is 427 g/mol. The number of thiazole rings is 1. The highest BCUT2D eigenvalue weighted by Gasteiger charge is 2.13. The molecule has 0 aliphatic carbocycles. The first-order valence-corrected chi connectivity index (χ1v) is 11.3. The number of carbonyl (C=O) groups is 2. The van der Waals surface area contributed by atoms with Crippen molar-refractivity contribution in [2.75, 3.05) is 11.9 Å². The van der Waals surface area contributed by atoms with Gasteiger partial charge in [0.2, 0.25) is 0 Å².